The third kappa shape index (κ3) is 5.69. The van der Waals surface area contributed by atoms with Crippen LogP contribution in [0.4, 0.5) is 0 Å². The van der Waals surface area contributed by atoms with E-state index < -0.39 is 6.04 Å². The van der Waals surface area contributed by atoms with Crippen molar-refractivity contribution in [1.82, 2.24) is 14.8 Å². The minimum absolute atomic E-state index is 0. The summed E-state index contributed by atoms with van der Waals surface area (Å²) in [6, 6.07) is -0.410. The second kappa shape index (κ2) is 9.54. The number of aromatic nitrogens is 1. The molecule has 8 heteroatoms. The summed E-state index contributed by atoms with van der Waals surface area (Å²) >= 11 is 1.65. The minimum atomic E-state index is -0.410. The molecule has 0 bridgehead atoms. The van der Waals surface area contributed by atoms with Crippen LogP contribution in [0.15, 0.2) is 5.38 Å². The SMILES string of the molecule is CCOC(C)c1nc(CN2CCN(C(=O)C(C)N)CC2)cs1.Cl. The smallest absolute Gasteiger partial charge is 0.239 e. The quantitative estimate of drug-likeness (QED) is 0.833. The molecule has 6 nitrogen and oxygen atoms in total. The molecule has 23 heavy (non-hydrogen) atoms. The maximum Gasteiger partial charge on any atom is 0.239 e. The molecule has 2 atom stereocenters. The molecule has 132 valence electrons. The Hall–Kier alpha value is -0.730. The topological polar surface area (TPSA) is 71.7 Å². The number of nitrogens with two attached hydrogens (primary N) is 1. The number of halogens is 1. The van der Waals surface area contributed by atoms with Gasteiger partial charge >= 0.3 is 0 Å². The highest BCUT2D eigenvalue weighted by Crippen LogP contribution is 2.22. The molecular formula is C15H27ClN4O2S. The predicted molar refractivity (Wildman–Crippen MR) is 94.9 cm³/mol. The maximum absolute atomic E-state index is 11.9. The lowest BCUT2D eigenvalue weighted by Crippen LogP contribution is -2.52. The Kier molecular flexibility index (Phi) is 8.42. The fourth-order valence-corrected chi connectivity index (χ4v) is 3.36. The summed E-state index contributed by atoms with van der Waals surface area (Å²) in [5.74, 6) is 0.0427. The van der Waals surface area contributed by atoms with Gasteiger partial charge in [0.2, 0.25) is 5.91 Å². The summed E-state index contributed by atoms with van der Waals surface area (Å²) in [5.41, 5.74) is 6.74. The molecular weight excluding hydrogens is 336 g/mol. The molecule has 0 aliphatic carbocycles. The second-order valence-electron chi connectivity index (χ2n) is 5.66. The van der Waals surface area contributed by atoms with Crippen LogP contribution in [0.1, 0.15) is 37.6 Å². The van der Waals surface area contributed by atoms with Crippen molar-refractivity contribution < 1.29 is 9.53 Å². The third-order valence-electron chi connectivity index (χ3n) is 3.79. The highest BCUT2D eigenvalue weighted by atomic mass is 35.5. The molecule has 1 aromatic rings. The van der Waals surface area contributed by atoms with E-state index in [1.165, 1.54) is 0 Å². The molecule has 2 rings (SSSR count). The first-order valence-electron chi connectivity index (χ1n) is 7.84. The first-order chi connectivity index (χ1) is 10.5. The van der Waals surface area contributed by atoms with Crippen molar-refractivity contribution >= 4 is 29.7 Å². The number of ether oxygens (including phenoxy) is 1. The lowest BCUT2D eigenvalue weighted by molar-refractivity contribution is -0.134. The molecule has 1 aliphatic heterocycles. The van der Waals surface area contributed by atoms with Gasteiger partial charge in [0, 0.05) is 44.7 Å². The van der Waals surface area contributed by atoms with Crippen molar-refractivity contribution in [1.29, 1.82) is 0 Å². The number of hydrogen-bond acceptors (Lipinski definition) is 6. The molecule has 1 aliphatic rings. The van der Waals surface area contributed by atoms with Gasteiger partial charge in [0.25, 0.3) is 0 Å². The van der Waals surface area contributed by atoms with Crippen LogP contribution in [0.5, 0.6) is 0 Å². The van der Waals surface area contributed by atoms with E-state index in [1.807, 2.05) is 18.7 Å². The molecule has 0 spiro atoms. The van der Waals surface area contributed by atoms with Gasteiger partial charge in [-0.25, -0.2) is 4.98 Å². The summed E-state index contributed by atoms with van der Waals surface area (Å²) in [6.45, 7) is 10.5. The van der Waals surface area contributed by atoms with Crippen molar-refractivity contribution in [2.45, 2.75) is 39.5 Å². The van der Waals surface area contributed by atoms with Gasteiger partial charge in [0.15, 0.2) is 0 Å². The van der Waals surface area contributed by atoms with E-state index in [0.29, 0.717) is 6.61 Å². The van der Waals surface area contributed by atoms with Crippen molar-refractivity contribution in [3.05, 3.63) is 16.1 Å². The summed E-state index contributed by atoms with van der Waals surface area (Å²) in [7, 11) is 0. The van der Waals surface area contributed by atoms with Crippen LogP contribution in [-0.4, -0.2) is 59.5 Å². The zero-order chi connectivity index (χ0) is 16.1. The summed E-state index contributed by atoms with van der Waals surface area (Å²) < 4.78 is 5.57. The van der Waals surface area contributed by atoms with E-state index in [2.05, 4.69) is 15.3 Å². The van der Waals surface area contributed by atoms with Crippen LogP contribution in [0, 0.1) is 0 Å². The van der Waals surface area contributed by atoms with Crippen LogP contribution in [-0.2, 0) is 16.1 Å². The van der Waals surface area contributed by atoms with Gasteiger partial charge in [0.05, 0.1) is 11.7 Å². The Morgan fingerprint density at radius 1 is 1.39 bits per heavy atom. The van der Waals surface area contributed by atoms with Gasteiger partial charge in [-0.1, -0.05) is 0 Å². The van der Waals surface area contributed by atoms with Gasteiger partial charge < -0.3 is 15.4 Å². The number of amides is 1. The van der Waals surface area contributed by atoms with E-state index in [1.54, 1.807) is 18.3 Å². The van der Waals surface area contributed by atoms with Gasteiger partial charge in [0.1, 0.15) is 11.1 Å². The summed E-state index contributed by atoms with van der Waals surface area (Å²) in [5, 5.41) is 3.13. The molecule has 0 radical (unpaired) electrons. The molecule has 1 aromatic heterocycles. The van der Waals surface area contributed by atoms with Gasteiger partial charge in [-0.15, -0.1) is 23.7 Å². The number of thiazole rings is 1. The van der Waals surface area contributed by atoms with E-state index in [-0.39, 0.29) is 24.4 Å². The molecule has 0 saturated carbocycles. The summed E-state index contributed by atoms with van der Waals surface area (Å²) in [4.78, 5) is 20.7. The van der Waals surface area contributed by atoms with E-state index in [4.69, 9.17) is 10.5 Å². The predicted octanol–water partition coefficient (Wildman–Crippen LogP) is 1.65. The molecule has 2 heterocycles. The molecule has 1 amide bonds. The maximum atomic E-state index is 11.9. The van der Waals surface area contributed by atoms with E-state index in [0.717, 1.165) is 43.4 Å². The fraction of sp³-hybridized carbons (Fsp3) is 0.733. The third-order valence-corrected chi connectivity index (χ3v) is 4.85. The lowest BCUT2D eigenvalue weighted by Gasteiger charge is -2.35. The fourth-order valence-electron chi connectivity index (χ4n) is 2.55. The van der Waals surface area contributed by atoms with Gasteiger partial charge in [-0.05, 0) is 20.8 Å². The Labute approximate surface area is 148 Å². The monoisotopic (exact) mass is 362 g/mol. The minimum Gasteiger partial charge on any atom is -0.372 e. The largest absolute Gasteiger partial charge is 0.372 e. The lowest BCUT2D eigenvalue weighted by atomic mass is 10.2. The first kappa shape index (κ1) is 20.3. The van der Waals surface area contributed by atoms with Crippen LogP contribution in [0.2, 0.25) is 0 Å². The van der Waals surface area contributed by atoms with Gasteiger partial charge in [-0.2, -0.15) is 0 Å². The van der Waals surface area contributed by atoms with E-state index in [9.17, 15) is 4.79 Å². The molecule has 2 unspecified atom stereocenters. The van der Waals surface area contributed by atoms with Crippen molar-refractivity contribution in [2.75, 3.05) is 32.8 Å². The van der Waals surface area contributed by atoms with Crippen molar-refractivity contribution in [2.24, 2.45) is 5.73 Å². The first-order valence-corrected chi connectivity index (χ1v) is 8.71. The average molecular weight is 363 g/mol. The normalized spacial score (nSPS) is 18.3. The zero-order valence-electron chi connectivity index (χ0n) is 14.0. The number of nitrogens with zero attached hydrogens (tertiary/aromatic N) is 3. The van der Waals surface area contributed by atoms with Gasteiger partial charge in [-0.3, -0.25) is 9.69 Å². The van der Waals surface area contributed by atoms with Crippen LogP contribution in [0.3, 0.4) is 0 Å². The average Bonchev–Trinajstić information content (AvgIpc) is 2.96. The van der Waals surface area contributed by atoms with Crippen molar-refractivity contribution in [3.8, 4) is 0 Å². The number of rotatable bonds is 6. The Bertz CT molecular complexity index is 490. The number of piperazine rings is 1. The van der Waals surface area contributed by atoms with Crippen LogP contribution >= 0.6 is 23.7 Å². The number of carbonyl (C=O) groups is 1. The molecule has 1 fully saturated rings. The second-order valence-corrected chi connectivity index (χ2v) is 6.55. The molecule has 1 saturated heterocycles. The van der Waals surface area contributed by atoms with Crippen LogP contribution in [0.25, 0.3) is 0 Å². The van der Waals surface area contributed by atoms with Crippen molar-refractivity contribution in [3.63, 3.8) is 0 Å². The highest BCUT2D eigenvalue weighted by Gasteiger charge is 2.23. The highest BCUT2D eigenvalue weighted by molar-refractivity contribution is 7.09. The molecule has 2 N–H and O–H groups in total. The van der Waals surface area contributed by atoms with Crippen LogP contribution < -0.4 is 5.73 Å². The Morgan fingerprint density at radius 3 is 2.61 bits per heavy atom. The zero-order valence-corrected chi connectivity index (χ0v) is 15.7. The molecule has 0 aromatic carbocycles. The Balaban J connectivity index is 0.00000264. The summed E-state index contributed by atoms with van der Waals surface area (Å²) in [6.07, 6.45) is 0.0595. The number of hydrogen-bond donors (Lipinski definition) is 1. The Morgan fingerprint density at radius 2 is 2.04 bits per heavy atom. The van der Waals surface area contributed by atoms with E-state index >= 15 is 0 Å². The number of carbonyl (C=O) groups excluding carboxylic acids is 1. The standard InChI is InChI=1S/C15H26N4O2S.ClH/c1-4-21-12(3)14-17-13(10-22-14)9-18-5-7-19(8-6-18)15(20)11(2)16;/h10-12H,4-9,16H2,1-3H3;1H.